The molecular formula is C11H10BNO3. The number of benzene rings is 1. The lowest BCUT2D eigenvalue weighted by molar-refractivity contribution is 0.0960. The smallest absolute Gasteiger partial charge is 0.423 e. The van der Waals surface area contributed by atoms with Gasteiger partial charge >= 0.3 is 7.12 Å². The van der Waals surface area contributed by atoms with Crippen LogP contribution in [0.25, 0.3) is 0 Å². The van der Waals surface area contributed by atoms with E-state index in [1.165, 1.54) is 16.7 Å². The highest BCUT2D eigenvalue weighted by atomic mass is 16.4. The normalized spacial score (nSPS) is 10.1. The van der Waals surface area contributed by atoms with Crippen LogP contribution in [0.2, 0.25) is 0 Å². The van der Waals surface area contributed by atoms with Gasteiger partial charge in [-0.2, -0.15) is 0 Å². The first kappa shape index (κ1) is 10.7. The molecule has 0 atom stereocenters. The van der Waals surface area contributed by atoms with Crippen LogP contribution in [0.1, 0.15) is 10.4 Å². The van der Waals surface area contributed by atoms with Gasteiger partial charge in [0.15, 0.2) is 0 Å². The Morgan fingerprint density at radius 2 is 1.62 bits per heavy atom. The molecule has 0 aliphatic rings. The molecule has 2 rings (SSSR count). The Balaban J connectivity index is 2.25. The predicted octanol–water partition coefficient (Wildman–Crippen LogP) is -0.144. The quantitative estimate of drug-likeness (QED) is 0.685. The zero-order chi connectivity index (χ0) is 11.5. The largest absolute Gasteiger partial charge is 0.488 e. The summed E-state index contributed by atoms with van der Waals surface area (Å²) in [7, 11) is -1.50. The summed E-state index contributed by atoms with van der Waals surface area (Å²) in [6, 6.07) is 9.70. The molecule has 5 heteroatoms. The second kappa shape index (κ2) is 4.34. The van der Waals surface area contributed by atoms with Crippen molar-refractivity contribution < 1.29 is 14.8 Å². The number of hydrogen-bond donors (Lipinski definition) is 2. The first-order chi connectivity index (χ1) is 7.68. The molecule has 0 fully saturated rings. The average Bonchev–Trinajstić information content (AvgIpc) is 2.81. The lowest BCUT2D eigenvalue weighted by atomic mass is 9.80. The Bertz CT molecular complexity index is 476. The fourth-order valence-electron chi connectivity index (χ4n) is 1.42. The highest BCUT2D eigenvalue weighted by molar-refractivity contribution is 6.58. The van der Waals surface area contributed by atoms with Crippen molar-refractivity contribution in [3.8, 4) is 0 Å². The van der Waals surface area contributed by atoms with Crippen molar-refractivity contribution in [3.05, 3.63) is 54.4 Å². The third-order valence-electron chi connectivity index (χ3n) is 2.29. The van der Waals surface area contributed by atoms with Crippen molar-refractivity contribution in [2.45, 2.75) is 0 Å². The van der Waals surface area contributed by atoms with Gasteiger partial charge in [-0.25, -0.2) is 0 Å². The molecule has 0 saturated heterocycles. The van der Waals surface area contributed by atoms with E-state index >= 15 is 0 Å². The number of carbonyl (C=O) groups is 1. The lowest BCUT2D eigenvalue weighted by Gasteiger charge is -2.03. The van der Waals surface area contributed by atoms with Crippen molar-refractivity contribution in [2.75, 3.05) is 0 Å². The SMILES string of the molecule is O=C(c1ccc(B(O)O)cc1)n1cccc1. The number of nitrogens with zero attached hydrogens (tertiary/aromatic N) is 1. The molecule has 16 heavy (non-hydrogen) atoms. The summed E-state index contributed by atoms with van der Waals surface area (Å²) in [6.45, 7) is 0. The van der Waals surface area contributed by atoms with Crippen LogP contribution >= 0.6 is 0 Å². The van der Waals surface area contributed by atoms with E-state index in [2.05, 4.69) is 0 Å². The van der Waals surface area contributed by atoms with Crippen molar-refractivity contribution in [2.24, 2.45) is 0 Å². The van der Waals surface area contributed by atoms with Gasteiger partial charge in [0.05, 0.1) is 0 Å². The Kier molecular flexibility index (Phi) is 2.89. The highest BCUT2D eigenvalue weighted by Gasteiger charge is 2.12. The molecule has 2 aromatic rings. The molecule has 0 saturated carbocycles. The number of rotatable bonds is 2. The maximum absolute atomic E-state index is 11.8. The molecule has 0 bridgehead atoms. The van der Waals surface area contributed by atoms with Crippen molar-refractivity contribution in [1.29, 1.82) is 0 Å². The van der Waals surface area contributed by atoms with Crippen molar-refractivity contribution >= 4 is 18.5 Å². The maximum Gasteiger partial charge on any atom is 0.488 e. The van der Waals surface area contributed by atoms with Gasteiger partial charge in [-0.1, -0.05) is 12.1 Å². The number of hydrogen-bond acceptors (Lipinski definition) is 3. The Morgan fingerprint density at radius 1 is 1.06 bits per heavy atom. The van der Waals surface area contributed by atoms with E-state index in [-0.39, 0.29) is 5.91 Å². The van der Waals surface area contributed by atoms with Crippen LogP contribution in [-0.4, -0.2) is 27.6 Å². The van der Waals surface area contributed by atoms with Crippen LogP contribution in [0.5, 0.6) is 0 Å². The van der Waals surface area contributed by atoms with Crippen LogP contribution in [0, 0.1) is 0 Å². The van der Waals surface area contributed by atoms with Gasteiger partial charge in [0.25, 0.3) is 5.91 Å². The predicted molar refractivity (Wildman–Crippen MR) is 60.4 cm³/mol. The van der Waals surface area contributed by atoms with Crippen LogP contribution < -0.4 is 5.46 Å². The molecule has 2 N–H and O–H groups in total. The minimum atomic E-state index is -1.50. The third kappa shape index (κ3) is 2.05. The van der Waals surface area contributed by atoms with Gasteiger partial charge in [0, 0.05) is 18.0 Å². The Hall–Kier alpha value is -1.85. The summed E-state index contributed by atoms with van der Waals surface area (Å²) in [5.41, 5.74) is 0.865. The molecule has 0 amide bonds. The third-order valence-corrected chi connectivity index (χ3v) is 2.29. The fourth-order valence-corrected chi connectivity index (χ4v) is 1.42. The molecular weight excluding hydrogens is 205 g/mol. The summed E-state index contributed by atoms with van der Waals surface area (Å²) >= 11 is 0. The minimum absolute atomic E-state index is 0.149. The van der Waals surface area contributed by atoms with Crippen LogP contribution in [0.3, 0.4) is 0 Å². The summed E-state index contributed by atoms with van der Waals surface area (Å²) in [5, 5.41) is 17.8. The molecule has 80 valence electrons. The summed E-state index contributed by atoms with van der Waals surface area (Å²) < 4.78 is 1.46. The minimum Gasteiger partial charge on any atom is -0.423 e. The van der Waals surface area contributed by atoms with Gasteiger partial charge in [-0.05, 0) is 29.7 Å². The first-order valence-corrected chi connectivity index (χ1v) is 4.82. The zero-order valence-corrected chi connectivity index (χ0v) is 8.45. The van der Waals surface area contributed by atoms with Crippen LogP contribution in [0.15, 0.2) is 48.8 Å². The summed E-state index contributed by atoms with van der Waals surface area (Å²) in [6.07, 6.45) is 3.33. The van der Waals surface area contributed by atoms with Gasteiger partial charge in [0.1, 0.15) is 0 Å². The molecule has 1 aromatic carbocycles. The average molecular weight is 215 g/mol. The van der Waals surface area contributed by atoms with Crippen molar-refractivity contribution in [1.82, 2.24) is 4.57 Å². The lowest BCUT2D eigenvalue weighted by Crippen LogP contribution is -2.29. The molecule has 0 aliphatic heterocycles. The van der Waals surface area contributed by atoms with E-state index in [9.17, 15) is 4.79 Å². The van der Waals surface area contributed by atoms with E-state index in [4.69, 9.17) is 10.0 Å². The molecule has 0 radical (unpaired) electrons. The fraction of sp³-hybridized carbons (Fsp3) is 0. The van der Waals surface area contributed by atoms with Crippen molar-refractivity contribution in [3.63, 3.8) is 0 Å². The van der Waals surface area contributed by atoms with Gasteiger partial charge in [0.2, 0.25) is 0 Å². The standard InChI is InChI=1S/C11H10BNO3/c14-11(13-7-1-2-8-13)9-3-5-10(6-4-9)12(15)16/h1-8,15-16H. The highest BCUT2D eigenvalue weighted by Crippen LogP contribution is 2.02. The van der Waals surface area contributed by atoms with Crippen LogP contribution in [-0.2, 0) is 0 Å². The molecule has 0 unspecified atom stereocenters. The monoisotopic (exact) mass is 215 g/mol. The van der Waals surface area contributed by atoms with Gasteiger partial charge in [-0.3, -0.25) is 9.36 Å². The molecule has 1 heterocycles. The van der Waals surface area contributed by atoms with E-state index in [1.807, 2.05) is 0 Å². The summed E-state index contributed by atoms with van der Waals surface area (Å²) in [4.78, 5) is 11.8. The van der Waals surface area contributed by atoms with E-state index in [0.717, 1.165) is 0 Å². The van der Waals surface area contributed by atoms with E-state index in [1.54, 1.807) is 36.7 Å². The molecule has 0 spiro atoms. The molecule has 0 aliphatic carbocycles. The van der Waals surface area contributed by atoms with Gasteiger partial charge < -0.3 is 10.0 Å². The Morgan fingerprint density at radius 3 is 2.12 bits per heavy atom. The summed E-state index contributed by atoms with van der Waals surface area (Å²) in [5.74, 6) is -0.149. The molecule has 4 nitrogen and oxygen atoms in total. The number of carbonyl (C=O) groups excluding carboxylic acids is 1. The second-order valence-electron chi connectivity index (χ2n) is 3.39. The Labute approximate surface area is 92.9 Å². The van der Waals surface area contributed by atoms with E-state index in [0.29, 0.717) is 11.0 Å². The molecule has 1 aromatic heterocycles. The van der Waals surface area contributed by atoms with Crippen LogP contribution in [0.4, 0.5) is 0 Å². The van der Waals surface area contributed by atoms with E-state index < -0.39 is 7.12 Å². The first-order valence-electron chi connectivity index (χ1n) is 4.82. The number of aromatic nitrogens is 1. The second-order valence-corrected chi connectivity index (χ2v) is 3.39. The zero-order valence-electron chi connectivity index (χ0n) is 8.45. The van der Waals surface area contributed by atoms with Gasteiger partial charge in [-0.15, -0.1) is 0 Å². The maximum atomic E-state index is 11.8. The topological polar surface area (TPSA) is 62.5 Å².